The summed E-state index contributed by atoms with van der Waals surface area (Å²) in [6, 6.07) is 7.76. The van der Waals surface area contributed by atoms with Crippen molar-refractivity contribution in [2.24, 2.45) is 0 Å². The van der Waals surface area contributed by atoms with E-state index in [-0.39, 0.29) is 19.2 Å². The molecule has 0 saturated carbocycles. The van der Waals surface area contributed by atoms with Crippen LogP contribution in [0.4, 0.5) is 8.78 Å². The van der Waals surface area contributed by atoms with Crippen LogP contribution in [0.1, 0.15) is 12.1 Å². The normalized spacial score (nSPS) is 18.7. The van der Waals surface area contributed by atoms with Crippen LogP contribution in [-0.4, -0.2) is 36.9 Å². The van der Waals surface area contributed by atoms with Gasteiger partial charge in [-0.3, -0.25) is 0 Å². The quantitative estimate of drug-likeness (QED) is 0.847. The number of ether oxygens (including phenoxy) is 1. The van der Waals surface area contributed by atoms with E-state index in [0.717, 1.165) is 22.1 Å². The Hall–Kier alpha value is -2.06. The van der Waals surface area contributed by atoms with Gasteiger partial charge >= 0.3 is 0 Å². The highest BCUT2D eigenvalue weighted by atomic mass is 32.2. The van der Waals surface area contributed by atoms with Crippen LogP contribution in [0.2, 0.25) is 0 Å². The van der Waals surface area contributed by atoms with Crippen molar-refractivity contribution < 1.29 is 21.9 Å². The summed E-state index contributed by atoms with van der Waals surface area (Å²) in [5.41, 5.74) is 0.795. The van der Waals surface area contributed by atoms with E-state index in [2.05, 4.69) is 4.98 Å². The van der Waals surface area contributed by atoms with Crippen molar-refractivity contribution >= 4 is 10.0 Å². The molecule has 0 bridgehead atoms. The van der Waals surface area contributed by atoms with Gasteiger partial charge in [-0.1, -0.05) is 6.07 Å². The molecule has 5 nitrogen and oxygen atoms in total. The van der Waals surface area contributed by atoms with Gasteiger partial charge < -0.3 is 4.74 Å². The topological polar surface area (TPSA) is 59.5 Å². The standard InChI is InChI=1S/C16H16F2N2O3S/c1-11-3-2-4-16(19-11)23-13-7-8-20(10-13)24(21,22)15-6-5-12(17)9-14(15)18/h2-6,9,13H,7-8,10H2,1H3. The molecule has 1 saturated heterocycles. The van der Waals surface area contributed by atoms with Crippen LogP contribution in [-0.2, 0) is 10.0 Å². The van der Waals surface area contributed by atoms with E-state index in [0.29, 0.717) is 18.4 Å². The molecule has 0 spiro atoms. The molecular formula is C16H16F2N2O3S. The van der Waals surface area contributed by atoms with Gasteiger partial charge in [0.1, 0.15) is 22.6 Å². The highest BCUT2D eigenvalue weighted by Gasteiger charge is 2.35. The third-order valence-corrected chi connectivity index (χ3v) is 5.67. The zero-order valence-corrected chi connectivity index (χ0v) is 13.8. The lowest BCUT2D eigenvalue weighted by molar-refractivity contribution is 0.206. The Bertz CT molecular complexity index is 858. The molecule has 0 aliphatic carbocycles. The number of sulfonamides is 1. The zero-order valence-electron chi connectivity index (χ0n) is 12.9. The molecule has 0 amide bonds. The first kappa shape index (κ1) is 16.8. The molecule has 2 heterocycles. The third-order valence-electron chi connectivity index (χ3n) is 3.77. The Labute approximate surface area is 138 Å². The SMILES string of the molecule is Cc1cccc(OC2CCN(S(=O)(=O)c3ccc(F)cc3F)C2)n1. The fourth-order valence-corrected chi connectivity index (χ4v) is 4.12. The highest BCUT2D eigenvalue weighted by Crippen LogP contribution is 2.25. The van der Waals surface area contributed by atoms with Crippen LogP contribution in [0.3, 0.4) is 0 Å². The minimum atomic E-state index is -4.03. The summed E-state index contributed by atoms with van der Waals surface area (Å²) < 4.78 is 58.6. The lowest BCUT2D eigenvalue weighted by Gasteiger charge is -2.17. The molecule has 1 fully saturated rings. The Morgan fingerprint density at radius 3 is 2.75 bits per heavy atom. The molecule has 1 aromatic carbocycles. The first-order valence-electron chi connectivity index (χ1n) is 7.42. The molecule has 1 atom stereocenters. The van der Waals surface area contributed by atoms with Crippen molar-refractivity contribution in [3.05, 3.63) is 53.7 Å². The molecular weight excluding hydrogens is 338 g/mol. The summed E-state index contributed by atoms with van der Waals surface area (Å²) >= 11 is 0. The summed E-state index contributed by atoms with van der Waals surface area (Å²) in [5.74, 6) is -1.49. The van der Waals surface area contributed by atoms with E-state index in [1.165, 1.54) is 0 Å². The summed E-state index contributed by atoms with van der Waals surface area (Å²) in [5, 5.41) is 0. The van der Waals surface area contributed by atoms with E-state index in [4.69, 9.17) is 4.74 Å². The van der Waals surface area contributed by atoms with Crippen LogP contribution >= 0.6 is 0 Å². The number of aryl methyl sites for hydroxylation is 1. The summed E-state index contributed by atoms with van der Waals surface area (Å²) in [6.45, 7) is 2.12. The van der Waals surface area contributed by atoms with Crippen molar-refractivity contribution in [3.63, 3.8) is 0 Å². The average molecular weight is 354 g/mol. The smallest absolute Gasteiger partial charge is 0.246 e. The van der Waals surface area contributed by atoms with Gasteiger partial charge in [0.25, 0.3) is 0 Å². The maximum Gasteiger partial charge on any atom is 0.246 e. The Morgan fingerprint density at radius 2 is 2.04 bits per heavy atom. The summed E-state index contributed by atoms with van der Waals surface area (Å²) in [6.07, 6.45) is 0.107. The summed E-state index contributed by atoms with van der Waals surface area (Å²) in [7, 11) is -4.03. The fraction of sp³-hybridized carbons (Fsp3) is 0.312. The Morgan fingerprint density at radius 1 is 1.25 bits per heavy atom. The van der Waals surface area contributed by atoms with Crippen LogP contribution < -0.4 is 4.74 Å². The van der Waals surface area contributed by atoms with Crippen molar-refractivity contribution in [3.8, 4) is 5.88 Å². The van der Waals surface area contributed by atoms with Gasteiger partial charge in [0, 0.05) is 24.4 Å². The minimum Gasteiger partial charge on any atom is -0.473 e. The highest BCUT2D eigenvalue weighted by molar-refractivity contribution is 7.89. The lowest BCUT2D eigenvalue weighted by Crippen LogP contribution is -2.31. The molecule has 128 valence electrons. The lowest BCUT2D eigenvalue weighted by atomic mass is 10.3. The predicted octanol–water partition coefficient (Wildman–Crippen LogP) is 2.51. The van der Waals surface area contributed by atoms with Gasteiger partial charge in [0.15, 0.2) is 0 Å². The van der Waals surface area contributed by atoms with Crippen LogP contribution in [0.25, 0.3) is 0 Å². The van der Waals surface area contributed by atoms with Gasteiger partial charge in [-0.15, -0.1) is 0 Å². The second-order valence-electron chi connectivity index (χ2n) is 5.58. The van der Waals surface area contributed by atoms with Crippen LogP contribution in [0.15, 0.2) is 41.3 Å². The monoisotopic (exact) mass is 354 g/mol. The molecule has 1 unspecified atom stereocenters. The molecule has 0 N–H and O–H groups in total. The minimum absolute atomic E-state index is 0.0920. The second-order valence-corrected chi connectivity index (χ2v) is 7.49. The Kier molecular flexibility index (Phi) is 4.51. The second kappa shape index (κ2) is 6.45. The van der Waals surface area contributed by atoms with Gasteiger partial charge in [0.05, 0.1) is 6.54 Å². The van der Waals surface area contributed by atoms with Crippen molar-refractivity contribution in [2.75, 3.05) is 13.1 Å². The first-order valence-corrected chi connectivity index (χ1v) is 8.86. The van der Waals surface area contributed by atoms with E-state index < -0.39 is 26.6 Å². The number of nitrogens with zero attached hydrogens (tertiary/aromatic N) is 2. The van der Waals surface area contributed by atoms with Crippen molar-refractivity contribution in [2.45, 2.75) is 24.3 Å². The number of hydrogen-bond donors (Lipinski definition) is 0. The number of rotatable bonds is 4. The van der Waals surface area contributed by atoms with E-state index in [9.17, 15) is 17.2 Å². The molecule has 1 aromatic heterocycles. The van der Waals surface area contributed by atoms with Gasteiger partial charge in [0.2, 0.25) is 15.9 Å². The van der Waals surface area contributed by atoms with Gasteiger partial charge in [-0.25, -0.2) is 22.2 Å². The maximum atomic E-state index is 13.8. The van der Waals surface area contributed by atoms with Crippen LogP contribution in [0, 0.1) is 18.6 Å². The fourth-order valence-electron chi connectivity index (χ4n) is 2.59. The van der Waals surface area contributed by atoms with E-state index in [1.54, 1.807) is 12.1 Å². The van der Waals surface area contributed by atoms with Crippen molar-refractivity contribution in [1.29, 1.82) is 0 Å². The molecule has 8 heteroatoms. The number of aromatic nitrogens is 1. The maximum absolute atomic E-state index is 13.8. The van der Waals surface area contributed by atoms with Gasteiger partial charge in [-0.2, -0.15) is 4.31 Å². The summed E-state index contributed by atoms with van der Waals surface area (Å²) in [4.78, 5) is 3.68. The average Bonchev–Trinajstić information content (AvgIpc) is 2.96. The largest absolute Gasteiger partial charge is 0.473 e. The van der Waals surface area contributed by atoms with E-state index in [1.807, 2.05) is 13.0 Å². The number of hydrogen-bond acceptors (Lipinski definition) is 4. The molecule has 1 aliphatic rings. The molecule has 3 rings (SSSR count). The van der Waals surface area contributed by atoms with Crippen LogP contribution in [0.5, 0.6) is 5.88 Å². The molecule has 1 aliphatic heterocycles. The predicted molar refractivity (Wildman–Crippen MR) is 83.1 cm³/mol. The first-order chi connectivity index (χ1) is 11.4. The molecule has 24 heavy (non-hydrogen) atoms. The Balaban J connectivity index is 1.74. The van der Waals surface area contributed by atoms with Gasteiger partial charge in [-0.05, 0) is 31.5 Å². The molecule has 2 aromatic rings. The number of halogens is 2. The number of pyridine rings is 1. The third kappa shape index (κ3) is 3.39. The zero-order chi connectivity index (χ0) is 17.3. The van der Waals surface area contributed by atoms with Crippen molar-refractivity contribution in [1.82, 2.24) is 9.29 Å². The van der Waals surface area contributed by atoms with E-state index >= 15 is 0 Å². The molecule has 0 radical (unpaired) electrons. The number of benzene rings is 1.